The number of fused-ring (bicyclic) bond motifs is 1. The Balaban J connectivity index is 1.60. The molecule has 0 radical (unpaired) electrons. The minimum Gasteiger partial charge on any atom is -0.458 e. The molecule has 1 aromatic heterocycles. The predicted molar refractivity (Wildman–Crippen MR) is 150 cm³/mol. The van der Waals surface area contributed by atoms with E-state index in [-0.39, 0.29) is 34.4 Å². The monoisotopic (exact) mass is 562 g/mol. The highest BCUT2D eigenvalue weighted by molar-refractivity contribution is 6.13. The van der Waals surface area contributed by atoms with Crippen molar-refractivity contribution in [3.05, 3.63) is 108 Å². The van der Waals surface area contributed by atoms with E-state index in [0.29, 0.717) is 22.2 Å². The summed E-state index contributed by atoms with van der Waals surface area (Å²) in [4.78, 5) is 32.5. The summed E-state index contributed by atoms with van der Waals surface area (Å²) < 4.78 is 48.1. The normalized spacial score (nSPS) is 12.0. The summed E-state index contributed by atoms with van der Waals surface area (Å²) in [6.07, 6.45) is 0.753. The first-order valence-corrected chi connectivity index (χ1v) is 12.1. The Hall–Kier alpha value is -5.39. The first kappa shape index (κ1) is 28.6. The number of aromatic nitrogens is 2. The molecule has 0 atom stereocenters. The van der Waals surface area contributed by atoms with Gasteiger partial charge < -0.3 is 25.7 Å². The van der Waals surface area contributed by atoms with Crippen molar-refractivity contribution in [2.75, 3.05) is 5.32 Å². The largest absolute Gasteiger partial charge is 0.458 e. The number of nitrogens with zero attached hydrogens (tertiary/aromatic N) is 3. The van der Waals surface area contributed by atoms with Crippen LogP contribution in [0.3, 0.4) is 0 Å². The van der Waals surface area contributed by atoms with E-state index in [1.54, 1.807) is 49.5 Å². The van der Waals surface area contributed by atoms with Crippen molar-refractivity contribution in [3.8, 4) is 11.4 Å². The minimum atomic E-state index is -4.63. The topological polar surface area (TPSA) is 124 Å². The summed E-state index contributed by atoms with van der Waals surface area (Å²) in [7, 11) is 0. The number of halogens is 3. The van der Waals surface area contributed by atoms with E-state index in [1.165, 1.54) is 30.0 Å². The van der Waals surface area contributed by atoms with Crippen molar-refractivity contribution < 1.29 is 27.5 Å². The van der Waals surface area contributed by atoms with Gasteiger partial charge in [-0.1, -0.05) is 18.7 Å². The van der Waals surface area contributed by atoms with Gasteiger partial charge in [0.2, 0.25) is 5.91 Å². The number of nitrogens with one attached hydrogen (secondary N) is 2. The van der Waals surface area contributed by atoms with Crippen LogP contribution >= 0.6 is 0 Å². The van der Waals surface area contributed by atoms with Crippen molar-refractivity contribution in [2.24, 2.45) is 10.7 Å². The van der Waals surface area contributed by atoms with E-state index in [1.807, 2.05) is 0 Å². The van der Waals surface area contributed by atoms with Crippen molar-refractivity contribution in [3.63, 3.8) is 0 Å². The Kier molecular flexibility index (Phi) is 8.22. The van der Waals surface area contributed by atoms with Crippen LogP contribution in [0.15, 0.2) is 96.3 Å². The molecule has 2 amide bonds. The molecule has 0 aliphatic rings. The first-order chi connectivity index (χ1) is 19.4. The molecular weight excluding hydrogens is 537 g/mol. The number of imidazole rings is 1. The third kappa shape index (κ3) is 7.18. The molecule has 0 aliphatic heterocycles. The molecule has 12 heteroatoms. The second kappa shape index (κ2) is 11.8. The number of alkyl halides is 3. The molecule has 9 nitrogen and oxygen atoms in total. The van der Waals surface area contributed by atoms with Gasteiger partial charge in [0.15, 0.2) is 0 Å². The van der Waals surface area contributed by atoms with Crippen LogP contribution in [0.2, 0.25) is 0 Å². The van der Waals surface area contributed by atoms with Gasteiger partial charge in [-0.25, -0.2) is 9.98 Å². The first-order valence-electron chi connectivity index (χ1n) is 12.1. The Morgan fingerprint density at radius 1 is 1.15 bits per heavy atom. The molecule has 0 saturated heterocycles. The number of carbonyl (C=O) groups is 2. The molecule has 1 heterocycles. The number of aryl methyl sites for hydroxylation is 1. The fraction of sp³-hybridized carbons (Fsp3) is 0.103. The average molecular weight is 563 g/mol. The van der Waals surface area contributed by atoms with Gasteiger partial charge in [0, 0.05) is 36.1 Å². The van der Waals surface area contributed by atoms with Crippen LogP contribution in [0.4, 0.5) is 18.9 Å². The van der Waals surface area contributed by atoms with Crippen LogP contribution in [-0.4, -0.2) is 27.7 Å². The lowest BCUT2D eigenvalue weighted by molar-refractivity contribution is -0.137. The molecule has 0 spiro atoms. The van der Waals surface area contributed by atoms with Crippen LogP contribution < -0.4 is 21.1 Å². The number of allylic oxidation sites excluding steroid dienone is 1. The molecule has 0 aliphatic carbocycles. The van der Waals surface area contributed by atoms with Crippen LogP contribution in [-0.2, 0) is 11.0 Å². The maximum Gasteiger partial charge on any atom is 0.416 e. The second-order valence-corrected chi connectivity index (χ2v) is 8.89. The molecule has 4 N–H and O–H groups in total. The number of nitrogens with two attached hydrogens (primary N) is 1. The van der Waals surface area contributed by atoms with Crippen LogP contribution in [0.25, 0.3) is 16.5 Å². The van der Waals surface area contributed by atoms with Crippen molar-refractivity contribution in [2.45, 2.75) is 20.0 Å². The number of benzene rings is 3. The number of aliphatic imine (C=N–C) groups is 1. The number of hydrogen-bond donors (Lipinski definition) is 3. The molecule has 210 valence electrons. The highest BCUT2D eigenvalue weighted by Crippen LogP contribution is 2.33. The fourth-order valence-electron chi connectivity index (χ4n) is 3.98. The molecule has 0 bridgehead atoms. The zero-order valence-electron chi connectivity index (χ0n) is 22.0. The molecule has 41 heavy (non-hydrogen) atoms. The minimum absolute atomic E-state index is 0.0265. The van der Waals surface area contributed by atoms with E-state index in [4.69, 9.17) is 10.5 Å². The van der Waals surface area contributed by atoms with Crippen molar-refractivity contribution >= 4 is 34.6 Å². The highest BCUT2D eigenvalue weighted by atomic mass is 19.4. The Morgan fingerprint density at radius 3 is 2.59 bits per heavy atom. The zero-order chi connectivity index (χ0) is 29.7. The predicted octanol–water partition coefficient (Wildman–Crippen LogP) is 5.46. The maximum atomic E-state index is 13.6. The maximum absolute atomic E-state index is 13.6. The summed E-state index contributed by atoms with van der Waals surface area (Å²) in [5.74, 6) is -0.285. The van der Waals surface area contributed by atoms with Gasteiger partial charge in [-0.2, -0.15) is 13.2 Å². The molecule has 3 aromatic carbocycles. The molecule has 0 unspecified atom stereocenters. The third-order valence-electron chi connectivity index (χ3n) is 5.67. The lowest BCUT2D eigenvalue weighted by atomic mass is 10.0. The molecule has 0 fully saturated rings. The summed E-state index contributed by atoms with van der Waals surface area (Å²) in [5, 5.41) is 6.25. The van der Waals surface area contributed by atoms with Crippen LogP contribution in [0, 0.1) is 6.92 Å². The Morgan fingerprint density at radius 2 is 1.93 bits per heavy atom. The lowest BCUT2D eigenvalue weighted by Crippen LogP contribution is -2.19. The summed E-state index contributed by atoms with van der Waals surface area (Å²) in [5.41, 5.74) is 5.44. The molecule has 4 aromatic rings. The second-order valence-electron chi connectivity index (χ2n) is 8.89. The molecule has 4 rings (SSSR count). The third-order valence-corrected chi connectivity index (χ3v) is 5.67. The van der Waals surface area contributed by atoms with Gasteiger partial charge in [-0.15, -0.1) is 0 Å². The quantitative estimate of drug-likeness (QED) is 0.114. The zero-order valence-corrected chi connectivity index (χ0v) is 22.0. The van der Waals surface area contributed by atoms with E-state index in [2.05, 4.69) is 27.2 Å². The van der Waals surface area contributed by atoms with E-state index in [0.717, 1.165) is 18.5 Å². The van der Waals surface area contributed by atoms with Crippen LogP contribution in [0.1, 0.15) is 28.5 Å². The smallest absolute Gasteiger partial charge is 0.416 e. The lowest BCUT2D eigenvalue weighted by Gasteiger charge is -2.14. The fourth-order valence-corrected chi connectivity index (χ4v) is 3.98. The number of anilines is 1. The highest BCUT2D eigenvalue weighted by Gasteiger charge is 2.31. The van der Waals surface area contributed by atoms with Gasteiger partial charge in [0.05, 0.1) is 23.9 Å². The van der Waals surface area contributed by atoms with Crippen LogP contribution in [0.5, 0.6) is 5.75 Å². The number of carbonyl (C=O) groups excluding carboxylic acids is 2. The van der Waals surface area contributed by atoms with Gasteiger partial charge >= 0.3 is 6.18 Å². The molecule has 0 saturated carbocycles. The van der Waals surface area contributed by atoms with E-state index in [9.17, 15) is 22.8 Å². The van der Waals surface area contributed by atoms with Gasteiger partial charge in [0.1, 0.15) is 17.3 Å². The average Bonchev–Trinajstić information content (AvgIpc) is 3.33. The standard InChI is InChI=1S/C29H25F3N6O3/c1-17-14-38(16-35-17)23-12-21(29(30,31)32)11-22(13-23)37-28(40)26-6-4-5-20-10-24(7-8-25(20)26)41-18(2)9-27(34-15-33)36-19(3)39/h4-16H,2H2,1,3H3,(H2,33,34)(H,36,39)(H,37,40)/b27-9+. The van der Waals surface area contributed by atoms with Crippen molar-refractivity contribution in [1.29, 1.82) is 0 Å². The molecular formula is C29H25F3N6O3. The SMILES string of the molecule is C=C(/C=C(\N=CN)NC(C)=O)Oc1ccc2c(C(=O)Nc3cc(-n4cnc(C)c4)cc(C(F)(F)F)c3)cccc2c1. The van der Waals surface area contributed by atoms with Crippen molar-refractivity contribution in [1.82, 2.24) is 14.9 Å². The number of amides is 2. The van der Waals surface area contributed by atoms with E-state index < -0.39 is 17.6 Å². The number of rotatable bonds is 8. The van der Waals surface area contributed by atoms with E-state index >= 15 is 0 Å². The van der Waals surface area contributed by atoms with Gasteiger partial charge in [-0.05, 0) is 60.2 Å². The summed E-state index contributed by atoms with van der Waals surface area (Å²) in [6.45, 7) is 6.82. The Labute approximate surface area is 232 Å². The summed E-state index contributed by atoms with van der Waals surface area (Å²) in [6, 6.07) is 13.2. The number of hydrogen-bond acceptors (Lipinski definition) is 5. The summed E-state index contributed by atoms with van der Waals surface area (Å²) >= 11 is 0. The van der Waals surface area contributed by atoms with Gasteiger partial charge in [-0.3, -0.25) is 9.59 Å². The number of ether oxygens (including phenoxy) is 1. The van der Waals surface area contributed by atoms with Gasteiger partial charge in [0.25, 0.3) is 5.91 Å². The Bertz CT molecular complexity index is 1710.